The van der Waals surface area contributed by atoms with E-state index in [4.69, 9.17) is 4.74 Å². The van der Waals surface area contributed by atoms with E-state index in [1.807, 2.05) is 54.6 Å². The minimum atomic E-state index is 0.512. The number of hydrogen-bond donors (Lipinski definition) is 0. The van der Waals surface area contributed by atoms with E-state index in [1.54, 1.807) is 0 Å². The molecule has 2 aromatic rings. The maximum Gasteiger partial charge on any atom is 0.150 e. The van der Waals surface area contributed by atoms with E-state index in [-0.39, 0.29) is 0 Å². The summed E-state index contributed by atoms with van der Waals surface area (Å²) >= 11 is 0. The molecule has 3 rings (SSSR count). The van der Waals surface area contributed by atoms with Crippen LogP contribution >= 0.6 is 0 Å². The molecule has 0 atom stereocenters. The molecule has 1 heterocycles. The molecular weight excluding hydrogens is 224 g/mol. The normalized spacial score (nSPS) is 13.2. The number of aldehydes is 1. The standard InChI is InChI=1S/C16H12O2/c17-10-13-7-4-8-14-11-18-16(9-15(13)14)12-5-2-1-3-6-12/h1-10H,11H2. The van der Waals surface area contributed by atoms with E-state index in [2.05, 4.69) is 0 Å². The summed E-state index contributed by atoms with van der Waals surface area (Å²) in [7, 11) is 0. The molecule has 2 heteroatoms. The van der Waals surface area contributed by atoms with Crippen LogP contribution in [-0.2, 0) is 11.3 Å². The predicted molar refractivity (Wildman–Crippen MR) is 70.9 cm³/mol. The molecule has 1 aliphatic heterocycles. The van der Waals surface area contributed by atoms with Crippen LogP contribution < -0.4 is 0 Å². The third-order valence-electron chi connectivity index (χ3n) is 3.07. The fourth-order valence-electron chi connectivity index (χ4n) is 2.13. The van der Waals surface area contributed by atoms with Crippen LogP contribution in [0.2, 0.25) is 0 Å². The van der Waals surface area contributed by atoms with Crippen LogP contribution in [0.1, 0.15) is 27.0 Å². The Kier molecular flexibility index (Phi) is 2.69. The number of ether oxygens (including phenoxy) is 1. The topological polar surface area (TPSA) is 26.3 Å². The van der Waals surface area contributed by atoms with Gasteiger partial charge in [-0.05, 0) is 17.2 Å². The number of carbonyl (C=O) groups excluding carboxylic acids is 1. The molecule has 0 fully saturated rings. The lowest BCUT2D eigenvalue weighted by Gasteiger charge is -2.19. The molecule has 2 nitrogen and oxygen atoms in total. The summed E-state index contributed by atoms with van der Waals surface area (Å²) in [6.07, 6.45) is 2.83. The first kappa shape index (κ1) is 10.8. The molecule has 0 saturated carbocycles. The van der Waals surface area contributed by atoms with Crippen molar-refractivity contribution in [3.05, 3.63) is 70.8 Å². The summed E-state index contributed by atoms with van der Waals surface area (Å²) in [6, 6.07) is 15.6. The first-order valence-corrected chi connectivity index (χ1v) is 5.85. The van der Waals surface area contributed by atoms with E-state index in [0.29, 0.717) is 12.2 Å². The molecule has 18 heavy (non-hydrogen) atoms. The first-order valence-electron chi connectivity index (χ1n) is 5.85. The third kappa shape index (κ3) is 1.82. The van der Waals surface area contributed by atoms with Crippen LogP contribution in [0.5, 0.6) is 0 Å². The average Bonchev–Trinajstić information content (AvgIpc) is 2.47. The highest BCUT2D eigenvalue weighted by Gasteiger charge is 2.14. The summed E-state index contributed by atoms with van der Waals surface area (Å²) in [4.78, 5) is 11.1. The van der Waals surface area contributed by atoms with Gasteiger partial charge in [0.1, 0.15) is 12.4 Å². The monoisotopic (exact) mass is 236 g/mol. The minimum Gasteiger partial charge on any atom is -0.488 e. The van der Waals surface area contributed by atoms with E-state index in [1.165, 1.54) is 0 Å². The van der Waals surface area contributed by atoms with Gasteiger partial charge in [-0.15, -0.1) is 0 Å². The molecule has 0 amide bonds. The van der Waals surface area contributed by atoms with Crippen LogP contribution in [-0.4, -0.2) is 6.29 Å². The highest BCUT2D eigenvalue weighted by atomic mass is 16.5. The largest absolute Gasteiger partial charge is 0.488 e. The quantitative estimate of drug-likeness (QED) is 0.746. The Morgan fingerprint density at radius 2 is 1.83 bits per heavy atom. The van der Waals surface area contributed by atoms with Crippen molar-refractivity contribution in [1.29, 1.82) is 0 Å². The second kappa shape index (κ2) is 4.49. The van der Waals surface area contributed by atoms with Gasteiger partial charge in [0.2, 0.25) is 0 Å². The lowest BCUT2D eigenvalue weighted by molar-refractivity contribution is 0.112. The Hall–Kier alpha value is -2.35. The number of hydrogen-bond acceptors (Lipinski definition) is 2. The highest BCUT2D eigenvalue weighted by molar-refractivity contribution is 5.89. The molecule has 0 unspecified atom stereocenters. The zero-order valence-electron chi connectivity index (χ0n) is 9.80. The lowest BCUT2D eigenvalue weighted by atomic mass is 9.98. The van der Waals surface area contributed by atoms with Gasteiger partial charge in [0, 0.05) is 11.1 Å². The molecule has 0 bridgehead atoms. The Bertz CT molecular complexity index is 612. The summed E-state index contributed by atoms with van der Waals surface area (Å²) in [5.74, 6) is 0.817. The van der Waals surface area contributed by atoms with Gasteiger partial charge >= 0.3 is 0 Å². The van der Waals surface area contributed by atoms with Gasteiger partial charge in [0.05, 0.1) is 0 Å². The number of rotatable bonds is 2. The van der Waals surface area contributed by atoms with Gasteiger partial charge in [-0.25, -0.2) is 0 Å². The van der Waals surface area contributed by atoms with Crippen LogP contribution in [0.15, 0.2) is 48.5 Å². The van der Waals surface area contributed by atoms with E-state index < -0.39 is 0 Å². The van der Waals surface area contributed by atoms with E-state index in [9.17, 15) is 4.79 Å². The van der Waals surface area contributed by atoms with Gasteiger partial charge in [-0.2, -0.15) is 0 Å². The predicted octanol–water partition coefficient (Wildman–Crippen LogP) is 3.53. The fourth-order valence-corrected chi connectivity index (χ4v) is 2.13. The Balaban J connectivity index is 2.11. The number of fused-ring (bicyclic) bond motifs is 1. The summed E-state index contributed by atoms with van der Waals surface area (Å²) in [6.45, 7) is 0.512. The number of carbonyl (C=O) groups is 1. The highest BCUT2D eigenvalue weighted by Crippen LogP contribution is 2.29. The zero-order valence-corrected chi connectivity index (χ0v) is 9.80. The van der Waals surface area contributed by atoms with E-state index >= 15 is 0 Å². The Morgan fingerprint density at radius 1 is 1.00 bits per heavy atom. The molecule has 0 aromatic heterocycles. The Labute approximate surface area is 106 Å². The molecule has 1 aliphatic rings. The van der Waals surface area contributed by atoms with Gasteiger partial charge in [0.15, 0.2) is 6.29 Å². The average molecular weight is 236 g/mol. The minimum absolute atomic E-state index is 0.512. The summed E-state index contributed by atoms with van der Waals surface area (Å²) < 4.78 is 5.74. The lowest BCUT2D eigenvalue weighted by Crippen LogP contribution is -2.04. The van der Waals surface area contributed by atoms with Crippen LogP contribution in [0.4, 0.5) is 0 Å². The second-order valence-electron chi connectivity index (χ2n) is 4.20. The van der Waals surface area contributed by atoms with Crippen molar-refractivity contribution in [2.45, 2.75) is 6.61 Å². The molecule has 0 spiro atoms. The van der Waals surface area contributed by atoms with Gasteiger partial charge in [0.25, 0.3) is 0 Å². The van der Waals surface area contributed by atoms with Crippen molar-refractivity contribution in [1.82, 2.24) is 0 Å². The van der Waals surface area contributed by atoms with Crippen LogP contribution in [0, 0.1) is 0 Å². The maximum absolute atomic E-state index is 11.1. The van der Waals surface area contributed by atoms with Crippen molar-refractivity contribution >= 4 is 18.1 Å². The molecule has 0 saturated heterocycles. The summed E-state index contributed by atoms with van der Waals surface area (Å²) in [5, 5.41) is 0. The number of benzene rings is 2. The second-order valence-corrected chi connectivity index (χ2v) is 4.20. The van der Waals surface area contributed by atoms with Gasteiger partial charge in [-0.3, -0.25) is 4.79 Å². The smallest absolute Gasteiger partial charge is 0.150 e. The van der Waals surface area contributed by atoms with Gasteiger partial charge in [-0.1, -0.05) is 48.5 Å². The summed E-state index contributed by atoms with van der Waals surface area (Å²) in [5.41, 5.74) is 3.77. The van der Waals surface area contributed by atoms with Crippen LogP contribution in [0.3, 0.4) is 0 Å². The molecular formula is C16H12O2. The molecule has 0 aliphatic carbocycles. The molecule has 0 N–H and O–H groups in total. The fraction of sp³-hybridized carbons (Fsp3) is 0.0625. The zero-order chi connectivity index (χ0) is 12.4. The van der Waals surface area contributed by atoms with Crippen molar-refractivity contribution in [2.75, 3.05) is 0 Å². The Morgan fingerprint density at radius 3 is 2.61 bits per heavy atom. The van der Waals surface area contributed by atoms with Crippen molar-refractivity contribution in [3.8, 4) is 0 Å². The molecule has 2 aromatic carbocycles. The molecule has 88 valence electrons. The SMILES string of the molecule is O=Cc1cccc2c1C=C(c1ccccc1)OC2. The van der Waals surface area contributed by atoms with E-state index in [0.717, 1.165) is 28.7 Å². The third-order valence-corrected chi connectivity index (χ3v) is 3.07. The van der Waals surface area contributed by atoms with Crippen molar-refractivity contribution < 1.29 is 9.53 Å². The van der Waals surface area contributed by atoms with Gasteiger partial charge < -0.3 is 4.74 Å². The maximum atomic E-state index is 11.1. The van der Waals surface area contributed by atoms with Crippen molar-refractivity contribution in [3.63, 3.8) is 0 Å². The molecule has 0 radical (unpaired) electrons. The first-order chi connectivity index (χ1) is 8.88. The van der Waals surface area contributed by atoms with Crippen molar-refractivity contribution in [2.24, 2.45) is 0 Å². The van der Waals surface area contributed by atoms with Crippen LogP contribution in [0.25, 0.3) is 11.8 Å².